The molecule has 0 bridgehead atoms. The molecule has 0 fully saturated rings. The Morgan fingerprint density at radius 1 is 1.11 bits per heavy atom. The third kappa shape index (κ3) is 3.18. The topological polar surface area (TPSA) is 26.0 Å². The second kappa shape index (κ2) is 5.93. The summed E-state index contributed by atoms with van der Waals surface area (Å²) in [6.45, 7) is 2.25. The summed E-state index contributed by atoms with van der Waals surface area (Å²) in [5.74, 6) is -0.668. The lowest BCUT2D eigenvalue weighted by Gasteiger charge is -2.17. The van der Waals surface area contributed by atoms with E-state index in [0.717, 1.165) is 11.1 Å². The molecule has 0 aliphatic rings. The summed E-state index contributed by atoms with van der Waals surface area (Å²) in [5.41, 5.74) is 8.21. The monoisotopic (exact) mass is 261 g/mol. The average molecular weight is 261 g/mol. The normalized spacial score (nSPS) is 12.4. The van der Waals surface area contributed by atoms with Crippen LogP contribution in [0.3, 0.4) is 0 Å². The molecule has 2 N–H and O–H groups in total. The Morgan fingerprint density at radius 3 is 2.53 bits per heavy atom. The Bertz CT molecular complexity index is 566. The van der Waals surface area contributed by atoms with Crippen LogP contribution in [0.2, 0.25) is 0 Å². The van der Waals surface area contributed by atoms with E-state index in [1.165, 1.54) is 18.2 Å². The Morgan fingerprint density at radius 2 is 1.84 bits per heavy atom. The molecule has 1 atom stereocenters. The molecule has 0 aliphatic carbocycles. The van der Waals surface area contributed by atoms with Crippen molar-refractivity contribution in [2.45, 2.75) is 19.3 Å². The van der Waals surface area contributed by atoms with Gasteiger partial charge in [-0.3, -0.25) is 0 Å². The minimum atomic E-state index is -0.273. The van der Waals surface area contributed by atoms with Gasteiger partial charge in [0.15, 0.2) is 0 Å². The van der Waals surface area contributed by atoms with E-state index in [-0.39, 0.29) is 17.6 Å². The lowest BCUT2D eigenvalue weighted by atomic mass is 9.90. The number of aryl methyl sites for hydroxylation is 1. The minimum absolute atomic E-state index is 0.137. The number of rotatable bonds is 4. The van der Waals surface area contributed by atoms with E-state index in [1.807, 2.05) is 6.92 Å². The maximum Gasteiger partial charge on any atom is 0.126 e. The van der Waals surface area contributed by atoms with Crippen LogP contribution in [0.5, 0.6) is 0 Å². The molecule has 1 unspecified atom stereocenters. The van der Waals surface area contributed by atoms with Crippen molar-refractivity contribution in [3.05, 3.63) is 70.8 Å². The highest BCUT2D eigenvalue weighted by molar-refractivity contribution is 5.31. The molecule has 3 heteroatoms. The summed E-state index contributed by atoms with van der Waals surface area (Å²) in [6, 6.07) is 11.3. The van der Waals surface area contributed by atoms with Crippen LogP contribution in [-0.4, -0.2) is 6.54 Å². The highest BCUT2D eigenvalue weighted by Crippen LogP contribution is 2.24. The predicted molar refractivity (Wildman–Crippen MR) is 73.0 cm³/mol. The van der Waals surface area contributed by atoms with Crippen LogP contribution < -0.4 is 5.73 Å². The first-order chi connectivity index (χ1) is 9.11. The molecular weight excluding hydrogens is 244 g/mol. The van der Waals surface area contributed by atoms with Crippen molar-refractivity contribution < 1.29 is 8.78 Å². The molecule has 0 saturated carbocycles. The highest BCUT2D eigenvalue weighted by Gasteiger charge is 2.15. The van der Waals surface area contributed by atoms with Crippen LogP contribution in [0.1, 0.15) is 22.6 Å². The van der Waals surface area contributed by atoms with Gasteiger partial charge in [-0.15, -0.1) is 0 Å². The fourth-order valence-corrected chi connectivity index (χ4v) is 2.25. The number of hydrogen-bond acceptors (Lipinski definition) is 1. The molecule has 19 heavy (non-hydrogen) atoms. The number of hydrogen-bond donors (Lipinski definition) is 1. The van der Waals surface area contributed by atoms with Gasteiger partial charge in [-0.25, -0.2) is 8.78 Å². The summed E-state index contributed by atoms with van der Waals surface area (Å²) in [7, 11) is 0. The van der Waals surface area contributed by atoms with Crippen molar-refractivity contribution in [2.75, 3.05) is 6.54 Å². The quantitative estimate of drug-likeness (QED) is 0.894. The van der Waals surface area contributed by atoms with Crippen LogP contribution in [0.4, 0.5) is 8.78 Å². The third-order valence-electron chi connectivity index (χ3n) is 3.41. The second-order valence-corrected chi connectivity index (χ2v) is 4.73. The molecule has 2 rings (SSSR count). The standard InChI is InChI=1S/C16H17F2N/c1-11-6-7-14(17)9-12(11)8-13(10-19)15-4-2-3-5-16(15)18/h2-7,9,13H,8,10,19H2,1H3. The van der Waals surface area contributed by atoms with Gasteiger partial charge >= 0.3 is 0 Å². The molecule has 0 saturated heterocycles. The molecule has 0 radical (unpaired) electrons. The Balaban J connectivity index is 2.29. The summed E-state index contributed by atoms with van der Waals surface area (Å²) < 4.78 is 27.1. The van der Waals surface area contributed by atoms with Gasteiger partial charge < -0.3 is 5.73 Å². The average Bonchev–Trinajstić information content (AvgIpc) is 2.41. The van der Waals surface area contributed by atoms with Gasteiger partial charge in [-0.1, -0.05) is 24.3 Å². The SMILES string of the molecule is Cc1ccc(F)cc1CC(CN)c1ccccc1F. The van der Waals surface area contributed by atoms with Crippen molar-refractivity contribution in [1.29, 1.82) is 0 Å². The Hall–Kier alpha value is -1.74. The lowest BCUT2D eigenvalue weighted by molar-refractivity contribution is 0.573. The zero-order valence-corrected chi connectivity index (χ0v) is 10.9. The van der Waals surface area contributed by atoms with Gasteiger partial charge in [-0.2, -0.15) is 0 Å². The van der Waals surface area contributed by atoms with Crippen LogP contribution in [0.25, 0.3) is 0 Å². The maximum absolute atomic E-state index is 13.8. The summed E-state index contributed by atoms with van der Waals surface area (Å²) in [4.78, 5) is 0. The smallest absolute Gasteiger partial charge is 0.126 e. The molecule has 1 nitrogen and oxygen atoms in total. The molecule has 0 heterocycles. The molecule has 0 spiro atoms. The Labute approximate surface area is 112 Å². The summed E-state index contributed by atoms with van der Waals surface area (Å²) >= 11 is 0. The van der Waals surface area contributed by atoms with Crippen LogP contribution in [-0.2, 0) is 6.42 Å². The number of halogens is 2. The molecule has 0 aliphatic heterocycles. The number of benzene rings is 2. The molecule has 2 aromatic rings. The first-order valence-corrected chi connectivity index (χ1v) is 6.31. The summed E-state index contributed by atoms with van der Waals surface area (Å²) in [5, 5.41) is 0. The van der Waals surface area contributed by atoms with E-state index in [4.69, 9.17) is 5.73 Å². The fourth-order valence-electron chi connectivity index (χ4n) is 2.25. The van der Waals surface area contributed by atoms with Gasteiger partial charge in [0.25, 0.3) is 0 Å². The van der Waals surface area contributed by atoms with Gasteiger partial charge in [0.1, 0.15) is 11.6 Å². The molecule has 0 amide bonds. The van der Waals surface area contributed by atoms with E-state index in [1.54, 1.807) is 24.3 Å². The van der Waals surface area contributed by atoms with Crippen molar-refractivity contribution in [1.82, 2.24) is 0 Å². The molecular formula is C16H17F2N. The van der Waals surface area contributed by atoms with Crippen LogP contribution >= 0.6 is 0 Å². The maximum atomic E-state index is 13.8. The lowest BCUT2D eigenvalue weighted by Crippen LogP contribution is -2.17. The molecule has 2 aromatic carbocycles. The van der Waals surface area contributed by atoms with Gasteiger partial charge in [0, 0.05) is 5.92 Å². The van der Waals surface area contributed by atoms with Crippen molar-refractivity contribution in [3.63, 3.8) is 0 Å². The zero-order valence-electron chi connectivity index (χ0n) is 10.9. The largest absolute Gasteiger partial charge is 0.330 e. The molecule has 100 valence electrons. The Kier molecular flexibility index (Phi) is 4.27. The first-order valence-electron chi connectivity index (χ1n) is 6.31. The first kappa shape index (κ1) is 13.7. The van der Waals surface area contributed by atoms with Crippen molar-refractivity contribution >= 4 is 0 Å². The van der Waals surface area contributed by atoms with Gasteiger partial charge in [0.2, 0.25) is 0 Å². The van der Waals surface area contributed by atoms with E-state index in [9.17, 15) is 8.78 Å². The predicted octanol–water partition coefficient (Wildman–Crippen LogP) is 3.56. The van der Waals surface area contributed by atoms with Crippen LogP contribution in [0, 0.1) is 18.6 Å². The van der Waals surface area contributed by atoms with Gasteiger partial charge in [-0.05, 0) is 54.8 Å². The van der Waals surface area contributed by atoms with E-state index >= 15 is 0 Å². The highest BCUT2D eigenvalue weighted by atomic mass is 19.1. The zero-order chi connectivity index (χ0) is 13.8. The van der Waals surface area contributed by atoms with Crippen LogP contribution in [0.15, 0.2) is 42.5 Å². The fraction of sp³-hybridized carbons (Fsp3) is 0.250. The van der Waals surface area contributed by atoms with E-state index in [0.29, 0.717) is 18.5 Å². The molecule has 0 aromatic heterocycles. The van der Waals surface area contributed by atoms with Crippen molar-refractivity contribution in [3.8, 4) is 0 Å². The third-order valence-corrected chi connectivity index (χ3v) is 3.41. The van der Waals surface area contributed by atoms with E-state index in [2.05, 4.69) is 0 Å². The second-order valence-electron chi connectivity index (χ2n) is 4.73. The number of nitrogens with two attached hydrogens (primary N) is 1. The van der Waals surface area contributed by atoms with Crippen molar-refractivity contribution in [2.24, 2.45) is 5.73 Å². The summed E-state index contributed by atoms with van der Waals surface area (Å²) in [6.07, 6.45) is 0.543. The minimum Gasteiger partial charge on any atom is -0.330 e. The van der Waals surface area contributed by atoms with Gasteiger partial charge in [0.05, 0.1) is 0 Å². The van der Waals surface area contributed by atoms with E-state index < -0.39 is 0 Å².